The van der Waals surface area contributed by atoms with Crippen molar-refractivity contribution in [3.8, 4) is 0 Å². The van der Waals surface area contributed by atoms with Gasteiger partial charge in [-0.25, -0.2) is 0 Å². The number of carbonyl (C=O) groups is 2. The smallest absolute Gasteiger partial charge is 0.306 e. The zero-order chi connectivity index (χ0) is 57.6. The molecule has 0 bridgehead atoms. The number of esters is 2. The maximum atomic E-state index is 12.4. The summed E-state index contributed by atoms with van der Waals surface area (Å²) in [5.41, 5.74) is 0. The van der Waals surface area contributed by atoms with Gasteiger partial charge in [-0.05, 0) is 77.0 Å². The Morgan fingerprint density at radius 2 is 0.537 bits per heavy atom. The molecule has 5 nitrogen and oxygen atoms in total. The van der Waals surface area contributed by atoms with Crippen LogP contribution in [0, 0.1) is 0 Å². The highest BCUT2D eigenvalue weighted by molar-refractivity contribution is 5.70. The molecule has 0 aromatic carbocycles. The fourth-order valence-corrected chi connectivity index (χ4v) is 11.0. The minimum absolute atomic E-state index is 0.0605. The van der Waals surface area contributed by atoms with E-state index < -0.39 is 6.10 Å². The molecule has 0 aromatic heterocycles. The number of unbranched alkanes of at least 4 members (excludes halogenated alkanes) is 49. The molecule has 0 aromatic rings. The number of ether oxygens (including phenoxy) is 2. The molecule has 5 heteroatoms. The van der Waals surface area contributed by atoms with E-state index in [1.807, 2.05) is 0 Å². The Hall–Kier alpha value is -2.40. The molecule has 80 heavy (non-hydrogen) atoms. The van der Waals surface area contributed by atoms with E-state index >= 15 is 0 Å². The third kappa shape index (κ3) is 68.1. The summed E-state index contributed by atoms with van der Waals surface area (Å²) in [6.45, 7) is 4.08. The summed E-state index contributed by atoms with van der Waals surface area (Å²) in [6.07, 6.45) is 97.0. The molecule has 0 aliphatic rings. The molecular formula is C75H138O5. The fraction of sp³-hybridized carbons (Fsp3) is 0.840. The lowest BCUT2D eigenvalue weighted by atomic mass is 10.0. The van der Waals surface area contributed by atoms with Crippen molar-refractivity contribution in [1.82, 2.24) is 0 Å². The fourth-order valence-electron chi connectivity index (χ4n) is 11.0. The Morgan fingerprint density at radius 1 is 0.300 bits per heavy atom. The number of aliphatic hydroxyl groups excluding tert-OH is 1. The summed E-state index contributed by atoms with van der Waals surface area (Å²) in [5.74, 6) is -0.568. The van der Waals surface area contributed by atoms with Gasteiger partial charge in [-0.3, -0.25) is 9.59 Å². The maximum absolute atomic E-state index is 12.4. The van der Waals surface area contributed by atoms with Crippen molar-refractivity contribution < 1.29 is 24.2 Å². The molecule has 0 rings (SSSR count). The molecule has 1 N–H and O–H groups in total. The molecule has 0 heterocycles. The summed E-state index contributed by atoms with van der Waals surface area (Å²) >= 11 is 0. The Balaban J connectivity index is 3.39. The number of rotatable bonds is 67. The topological polar surface area (TPSA) is 72.8 Å². The van der Waals surface area contributed by atoms with Crippen molar-refractivity contribution in [3.63, 3.8) is 0 Å². The zero-order valence-electron chi connectivity index (χ0n) is 53.9. The van der Waals surface area contributed by atoms with E-state index in [9.17, 15) is 14.7 Å². The molecule has 0 fully saturated rings. The van der Waals surface area contributed by atoms with Crippen LogP contribution in [0.5, 0.6) is 0 Å². The van der Waals surface area contributed by atoms with E-state index in [4.69, 9.17) is 9.47 Å². The van der Waals surface area contributed by atoms with Crippen molar-refractivity contribution in [2.24, 2.45) is 0 Å². The van der Waals surface area contributed by atoms with Crippen LogP contribution in [0.4, 0.5) is 0 Å². The molecule has 468 valence electrons. The van der Waals surface area contributed by atoms with Crippen molar-refractivity contribution in [2.75, 3.05) is 13.2 Å². The average molecular weight is 1120 g/mol. The summed E-state index contributed by atoms with van der Waals surface area (Å²) in [4.78, 5) is 24.7. The predicted octanol–water partition coefficient (Wildman–Crippen LogP) is 24.9. The lowest BCUT2D eigenvalue weighted by molar-refractivity contribution is -0.161. The van der Waals surface area contributed by atoms with E-state index in [0.717, 1.165) is 57.8 Å². The van der Waals surface area contributed by atoms with Gasteiger partial charge in [0.25, 0.3) is 0 Å². The van der Waals surface area contributed by atoms with Crippen LogP contribution in [0.15, 0.2) is 60.8 Å². The molecule has 0 saturated heterocycles. The first-order valence-corrected chi connectivity index (χ1v) is 35.8. The SMILES string of the molecule is CC/C=C\C/C=C\C/C=C\C/C=C\CCCCCCCCCCCCCCCCCCCCCCC(=O)OC(CO)COC(=O)CCCCCCCCCCCCCCCCCCCCCCC/C=C\CCCCCCCCCC. The van der Waals surface area contributed by atoms with Gasteiger partial charge in [0.15, 0.2) is 6.10 Å². The van der Waals surface area contributed by atoms with Gasteiger partial charge in [0.05, 0.1) is 6.61 Å². The number of hydrogen-bond donors (Lipinski definition) is 1. The van der Waals surface area contributed by atoms with Crippen LogP contribution in [0.1, 0.15) is 386 Å². The molecule has 0 spiro atoms. The molecule has 0 saturated carbocycles. The summed E-state index contributed by atoms with van der Waals surface area (Å²) in [7, 11) is 0. The second kappa shape index (κ2) is 70.9. The predicted molar refractivity (Wildman–Crippen MR) is 353 cm³/mol. The number of allylic oxidation sites excluding steroid dienone is 10. The van der Waals surface area contributed by atoms with E-state index in [-0.39, 0.29) is 25.2 Å². The van der Waals surface area contributed by atoms with E-state index in [1.54, 1.807) is 0 Å². The molecule has 0 radical (unpaired) electrons. The van der Waals surface area contributed by atoms with Gasteiger partial charge < -0.3 is 14.6 Å². The second-order valence-electron chi connectivity index (χ2n) is 24.3. The van der Waals surface area contributed by atoms with Crippen LogP contribution in [0.25, 0.3) is 0 Å². The van der Waals surface area contributed by atoms with E-state index in [1.165, 1.54) is 302 Å². The van der Waals surface area contributed by atoms with Gasteiger partial charge in [0.1, 0.15) is 6.61 Å². The number of hydrogen-bond acceptors (Lipinski definition) is 5. The maximum Gasteiger partial charge on any atom is 0.306 e. The normalized spacial score (nSPS) is 12.5. The molecule has 0 amide bonds. The van der Waals surface area contributed by atoms with Gasteiger partial charge in [-0.15, -0.1) is 0 Å². The van der Waals surface area contributed by atoms with Gasteiger partial charge in [0, 0.05) is 12.8 Å². The van der Waals surface area contributed by atoms with Gasteiger partial charge in [0.2, 0.25) is 0 Å². The Kier molecular flexibility index (Phi) is 68.7. The van der Waals surface area contributed by atoms with Crippen LogP contribution in [0.2, 0.25) is 0 Å². The lowest BCUT2D eigenvalue weighted by Gasteiger charge is -2.15. The minimum Gasteiger partial charge on any atom is -0.462 e. The van der Waals surface area contributed by atoms with E-state index in [0.29, 0.717) is 12.8 Å². The lowest BCUT2D eigenvalue weighted by Crippen LogP contribution is -2.28. The standard InChI is InChI=1S/C75H138O5/c1-3-5-7-9-11-13-15-17-19-21-23-25-27-29-31-33-35-37-39-41-43-45-47-49-51-53-55-57-59-61-63-65-67-69-74(77)79-72-73(71-76)80-75(78)70-68-66-64-62-60-58-56-54-52-50-48-46-44-42-40-38-36-34-32-30-28-26-24-22-20-18-16-14-12-10-8-6-4-2/h6,8,12,14,18,20-21,23-24,26,73,76H,3-5,7,9-11,13,15-17,19,22,25,27-72H2,1-2H3/b8-6-,14-12-,20-18-,23-21-,26-24-. The average Bonchev–Trinajstić information content (AvgIpc) is 3.46. The highest BCUT2D eigenvalue weighted by Crippen LogP contribution is 2.19. The van der Waals surface area contributed by atoms with Gasteiger partial charge >= 0.3 is 11.9 Å². The van der Waals surface area contributed by atoms with Gasteiger partial charge in [-0.2, -0.15) is 0 Å². The molecule has 0 aliphatic heterocycles. The third-order valence-corrected chi connectivity index (χ3v) is 16.3. The van der Waals surface area contributed by atoms with Crippen LogP contribution in [0.3, 0.4) is 0 Å². The monoisotopic (exact) mass is 1120 g/mol. The second-order valence-corrected chi connectivity index (χ2v) is 24.3. The Bertz CT molecular complexity index is 1360. The van der Waals surface area contributed by atoms with Crippen LogP contribution in [-0.2, 0) is 19.1 Å². The summed E-state index contributed by atoms with van der Waals surface area (Å²) in [6, 6.07) is 0. The van der Waals surface area contributed by atoms with Crippen molar-refractivity contribution in [1.29, 1.82) is 0 Å². The first-order valence-electron chi connectivity index (χ1n) is 35.8. The van der Waals surface area contributed by atoms with Gasteiger partial charge in [-0.1, -0.05) is 357 Å². The first-order chi connectivity index (χ1) is 39.6. The van der Waals surface area contributed by atoms with E-state index in [2.05, 4.69) is 74.6 Å². The van der Waals surface area contributed by atoms with Crippen molar-refractivity contribution >= 4 is 11.9 Å². The summed E-state index contributed by atoms with van der Waals surface area (Å²) < 4.78 is 10.8. The van der Waals surface area contributed by atoms with Crippen LogP contribution < -0.4 is 0 Å². The zero-order valence-corrected chi connectivity index (χ0v) is 53.9. The molecule has 0 aliphatic carbocycles. The van der Waals surface area contributed by atoms with Crippen LogP contribution >= 0.6 is 0 Å². The highest BCUT2D eigenvalue weighted by Gasteiger charge is 2.16. The first kappa shape index (κ1) is 77.6. The van der Waals surface area contributed by atoms with Crippen molar-refractivity contribution in [3.05, 3.63) is 60.8 Å². The number of aliphatic hydroxyl groups is 1. The quantitative estimate of drug-likeness (QED) is 0.0373. The third-order valence-electron chi connectivity index (χ3n) is 16.3. The number of carbonyl (C=O) groups excluding carboxylic acids is 2. The minimum atomic E-state index is -0.771. The summed E-state index contributed by atoms with van der Waals surface area (Å²) in [5, 5.41) is 9.71. The van der Waals surface area contributed by atoms with Crippen LogP contribution in [-0.4, -0.2) is 36.4 Å². The molecule has 1 atom stereocenters. The Morgan fingerprint density at radius 3 is 0.825 bits per heavy atom. The van der Waals surface area contributed by atoms with Crippen molar-refractivity contribution in [2.45, 2.75) is 392 Å². The highest BCUT2D eigenvalue weighted by atomic mass is 16.6. The largest absolute Gasteiger partial charge is 0.462 e. The molecule has 1 unspecified atom stereocenters. The Labute approximate surface area is 500 Å². The molecular weight excluding hydrogens is 981 g/mol.